The fourth-order valence-corrected chi connectivity index (χ4v) is 3.01. The Morgan fingerprint density at radius 2 is 1.52 bits per heavy atom. The molecule has 2 aromatic rings. The van der Waals surface area contributed by atoms with Crippen LogP contribution in [0.2, 0.25) is 0 Å². The number of aromatic nitrogens is 2. The third-order valence-electron chi connectivity index (χ3n) is 4.83. The summed E-state index contributed by atoms with van der Waals surface area (Å²) in [4.78, 5) is 11.9. The number of benzene rings is 1. The highest BCUT2D eigenvalue weighted by Gasteiger charge is 2.27. The lowest BCUT2D eigenvalue weighted by Crippen LogP contribution is -2.24. The van der Waals surface area contributed by atoms with Gasteiger partial charge in [0.25, 0.3) is 0 Å². The summed E-state index contributed by atoms with van der Waals surface area (Å²) in [6.07, 6.45) is 1.89. The molecule has 5 nitrogen and oxygen atoms in total. The first-order chi connectivity index (χ1) is 13.1. The van der Waals surface area contributed by atoms with E-state index in [0.717, 1.165) is 22.4 Å². The molecule has 1 aromatic carbocycles. The van der Waals surface area contributed by atoms with Crippen LogP contribution in [0.15, 0.2) is 24.4 Å². The minimum absolute atomic E-state index is 0.191. The zero-order valence-corrected chi connectivity index (χ0v) is 19.4. The standard InChI is InChI=1S/C24H36N2O3/c1-22(2,3)17-14-16(15-18(20(17)27)23(4,5)6)19-10-11-26(25-19)12-13-29-21(28)24(7,8)9/h10-11,14-15,27H,12-13H2,1-9H3. The van der Waals surface area contributed by atoms with Crippen LogP contribution in [0.1, 0.15) is 73.4 Å². The molecule has 2 rings (SSSR count). The van der Waals surface area contributed by atoms with Gasteiger partial charge in [-0.3, -0.25) is 9.48 Å². The van der Waals surface area contributed by atoms with Gasteiger partial charge in [0.05, 0.1) is 17.7 Å². The minimum Gasteiger partial charge on any atom is -0.507 e. The van der Waals surface area contributed by atoms with E-state index in [1.807, 2.05) is 45.2 Å². The molecule has 1 heterocycles. The Balaban J connectivity index is 2.30. The quantitative estimate of drug-likeness (QED) is 0.694. The lowest BCUT2D eigenvalue weighted by atomic mass is 9.78. The zero-order valence-electron chi connectivity index (χ0n) is 19.4. The number of aromatic hydroxyl groups is 1. The number of ether oxygens (including phenoxy) is 1. The molecule has 1 N–H and O–H groups in total. The Kier molecular flexibility index (Phi) is 6.22. The van der Waals surface area contributed by atoms with Crippen LogP contribution in [0.4, 0.5) is 0 Å². The number of nitrogens with zero attached hydrogens (tertiary/aromatic N) is 2. The van der Waals surface area contributed by atoms with Crippen molar-refractivity contribution in [3.8, 4) is 17.0 Å². The van der Waals surface area contributed by atoms with E-state index in [-0.39, 0.29) is 23.4 Å². The van der Waals surface area contributed by atoms with Gasteiger partial charge in [-0.05, 0) is 49.8 Å². The second-order valence-corrected chi connectivity index (χ2v) is 10.8. The van der Waals surface area contributed by atoms with Crippen LogP contribution in [0.3, 0.4) is 0 Å². The molecule has 0 atom stereocenters. The smallest absolute Gasteiger partial charge is 0.311 e. The Labute approximate surface area is 175 Å². The van der Waals surface area contributed by atoms with Gasteiger partial charge in [-0.15, -0.1) is 0 Å². The van der Waals surface area contributed by atoms with Gasteiger partial charge < -0.3 is 9.84 Å². The summed E-state index contributed by atoms with van der Waals surface area (Å²) in [7, 11) is 0. The molecule has 0 spiro atoms. The normalized spacial score (nSPS) is 12.9. The van der Waals surface area contributed by atoms with Crippen molar-refractivity contribution in [3.63, 3.8) is 0 Å². The second kappa shape index (κ2) is 7.85. The minimum atomic E-state index is -0.506. The molecule has 0 aliphatic carbocycles. The Bertz CT molecular complexity index is 840. The number of rotatable bonds is 4. The molecule has 5 heteroatoms. The number of carbonyl (C=O) groups excluding carboxylic acids is 1. The Morgan fingerprint density at radius 3 is 1.97 bits per heavy atom. The topological polar surface area (TPSA) is 64.3 Å². The van der Waals surface area contributed by atoms with Gasteiger partial charge >= 0.3 is 5.97 Å². The van der Waals surface area contributed by atoms with Gasteiger partial charge in [-0.25, -0.2) is 0 Å². The van der Waals surface area contributed by atoms with Crippen molar-refractivity contribution >= 4 is 5.97 Å². The van der Waals surface area contributed by atoms with Crippen LogP contribution in [-0.4, -0.2) is 27.5 Å². The lowest BCUT2D eigenvalue weighted by Gasteiger charge is -2.28. The van der Waals surface area contributed by atoms with Gasteiger partial charge in [-0.1, -0.05) is 41.5 Å². The van der Waals surface area contributed by atoms with Gasteiger partial charge in [0.15, 0.2) is 0 Å². The average molecular weight is 401 g/mol. The third kappa shape index (κ3) is 5.62. The molecule has 0 radical (unpaired) electrons. The molecule has 1 aromatic heterocycles. The van der Waals surface area contributed by atoms with Gasteiger partial charge in [0.1, 0.15) is 12.4 Å². The molecule has 0 fully saturated rings. The first kappa shape index (κ1) is 23.0. The maximum atomic E-state index is 11.9. The van der Waals surface area contributed by atoms with Gasteiger partial charge in [0, 0.05) is 22.9 Å². The summed E-state index contributed by atoms with van der Waals surface area (Å²) >= 11 is 0. The number of phenols is 1. The predicted molar refractivity (Wildman–Crippen MR) is 117 cm³/mol. The highest BCUT2D eigenvalue weighted by Crippen LogP contribution is 2.41. The van der Waals surface area contributed by atoms with Crippen LogP contribution in [0, 0.1) is 5.41 Å². The summed E-state index contributed by atoms with van der Waals surface area (Å²) in [6, 6.07) is 6.00. The molecule has 0 bridgehead atoms. The number of hydrogen-bond donors (Lipinski definition) is 1. The summed E-state index contributed by atoms with van der Waals surface area (Å²) in [5.74, 6) is 0.148. The van der Waals surface area contributed by atoms with Crippen molar-refractivity contribution < 1.29 is 14.6 Å². The van der Waals surface area contributed by atoms with E-state index >= 15 is 0 Å². The first-order valence-corrected chi connectivity index (χ1v) is 10.2. The summed E-state index contributed by atoms with van der Waals surface area (Å²) in [6.45, 7) is 18.9. The summed E-state index contributed by atoms with van der Waals surface area (Å²) in [5, 5.41) is 15.6. The van der Waals surface area contributed by atoms with E-state index in [1.165, 1.54) is 0 Å². The molecule has 0 aliphatic rings. The highest BCUT2D eigenvalue weighted by molar-refractivity contribution is 5.75. The molecule has 0 aliphatic heterocycles. The predicted octanol–water partition coefficient (Wildman–Crippen LogP) is 5.44. The van der Waals surface area contributed by atoms with E-state index in [1.54, 1.807) is 4.68 Å². The molecular formula is C24H36N2O3. The maximum Gasteiger partial charge on any atom is 0.311 e. The second-order valence-electron chi connectivity index (χ2n) is 10.8. The van der Waals surface area contributed by atoms with E-state index in [2.05, 4.69) is 46.6 Å². The Morgan fingerprint density at radius 1 is 1.00 bits per heavy atom. The molecule has 0 unspecified atom stereocenters. The molecule has 0 saturated heterocycles. The highest BCUT2D eigenvalue weighted by atomic mass is 16.5. The molecule has 29 heavy (non-hydrogen) atoms. The number of phenolic OH excluding ortho intramolecular Hbond substituents is 1. The van der Waals surface area contributed by atoms with Crippen molar-refractivity contribution in [2.45, 2.75) is 79.7 Å². The van der Waals surface area contributed by atoms with Crippen molar-refractivity contribution in [2.75, 3.05) is 6.61 Å². The van der Waals surface area contributed by atoms with Crippen molar-refractivity contribution in [1.82, 2.24) is 9.78 Å². The van der Waals surface area contributed by atoms with E-state index < -0.39 is 5.41 Å². The maximum absolute atomic E-state index is 11.9. The van der Waals surface area contributed by atoms with E-state index in [0.29, 0.717) is 12.3 Å². The number of carbonyl (C=O) groups is 1. The van der Waals surface area contributed by atoms with Crippen molar-refractivity contribution in [2.24, 2.45) is 5.41 Å². The van der Waals surface area contributed by atoms with Crippen molar-refractivity contribution in [3.05, 3.63) is 35.5 Å². The van der Waals surface area contributed by atoms with E-state index in [4.69, 9.17) is 4.74 Å². The largest absolute Gasteiger partial charge is 0.507 e. The average Bonchev–Trinajstić information content (AvgIpc) is 3.00. The number of hydrogen-bond acceptors (Lipinski definition) is 4. The van der Waals surface area contributed by atoms with Crippen LogP contribution < -0.4 is 0 Å². The van der Waals surface area contributed by atoms with Crippen LogP contribution in [0.25, 0.3) is 11.3 Å². The Hall–Kier alpha value is -2.30. The molecular weight excluding hydrogens is 364 g/mol. The lowest BCUT2D eigenvalue weighted by molar-refractivity contribution is -0.153. The fraction of sp³-hybridized carbons (Fsp3) is 0.583. The summed E-state index contributed by atoms with van der Waals surface area (Å²) < 4.78 is 7.12. The molecule has 0 saturated carbocycles. The molecule has 160 valence electrons. The first-order valence-electron chi connectivity index (χ1n) is 10.2. The number of esters is 1. The van der Waals surface area contributed by atoms with Crippen molar-refractivity contribution in [1.29, 1.82) is 0 Å². The van der Waals surface area contributed by atoms with Crippen LogP contribution in [0.5, 0.6) is 5.75 Å². The molecule has 0 amide bonds. The van der Waals surface area contributed by atoms with E-state index in [9.17, 15) is 9.90 Å². The van der Waals surface area contributed by atoms with Crippen LogP contribution in [-0.2, 0) is 26.9 Å². The zero-order chi connectivity index (χ0) is 22.2. The SMILES string of the molecule is CC(C)(C)C(=O)OCCn1ccc(-c2cc(C(C)(C)C)c(O)c(C(C)(C)C)c2)n1. The monoisotopic (exact) mass is 400 g/mol. The third-order valence-corrected chi connectivity index (χ3v) is 4.83. The van der Waals surface area contributed by atoms with Crippen LogP contribution >= 0.6 is 0 Å². The summed E-state index contributed by atoms with van der Waals surface area (Å²) in [5.41, 5.74) is 2.75. The van der Waals surface area contributed by atoms with Gasteiger partial charge in [0.2, 0.25) is 0 Å². The van der Waals surface area contributed by atoms with Gasteiger partial charge in [-0.2, -0.15) is 5.10 Å². The fourth-order valence-electron chi connectivity index (χ4n) is 3.01.